The van der Waals surface area contributed by atoms with E-state index in [1.165, 1.54) is 25.9 Å². The van der Waals surface area contributed by atoms with Crippen molar-refractivity contribution in [1.29, 1.82) is 0 Å². The fraction of sp³-hybridized carbons (Fsp3) is 0.522. The first-order chi connectivity index (χ1) is 13.6. The number of aromatic amines is 1. The monoisotopic (exact) mass is 389 g/mol. The summed E-state index contributed by atoms with van der Waals surface area (Å²) in [5.41, 5.74) is 1.91. The minimum atomic E-state index is 0.213. The molecule has 0 amide bonds. The first-order valence-corrected chi connectivity index (χ1v) is 10.3. The second kappa shape index (κ2) is 17.0. The van der Waals surface area contributed by atoms with Gasteiger partial charge in [-0.15, -0.1) is 6.58 Å². The minimum Gasteiger partial charge on any atom is -0.431 e. The lowest BCUT2D eigenvalue weighted by atomic mass is 10.3. The van der Waals surface area contributed by atoms with Crippen LogP contribution in [0.15, 0.2) is 48.8 Å². The van der Waals surface area contributed by atoms with E-state index in [9.17, 15) is 0 Å². The summed E-state index contributed by atoms with van der Waals surface area (Å²) in [5, 5.41) is 3.22. The van der Waals surface area contributed by atoms with Crippen LogP contribution in [-0.4, -0.2) is 35.8 Å². The van der Waals surface area contributed by atoms with Crippen LogP contribution in [0.4, 0.5) is 0 Å². The van der Waals surface area contributed by atoms with Crippen LogP contribution in [0.1, 0.15) is 54.4 Å². The molecule has 0 radical (unpaired) electrons. The first-order valence-electron chi connectivity index (χ1n) is 10.3. The molecule has 158 valence electrons. The Hall–Kier alpha value is -2.11. The number of allylic oxidation sites excluding steroid dienone is 2. The maximum atomic E-state index is 5.44. The summed E-state index contributed by atoms with van der Waals surface area (Å²) in [5.74, 6) is 0.837. The largest absolute Gasteiger partial charge is 0.431 e. The lowest BCUT2D eigenvalue weighted by molar-refractivity contribution is 0.110. The molecule has 28 heavy (non-hydrogen) atoms. The standard InChI is InChI=1S/C11H12N2O.C6H12O.C4H9N.C2H6/c1-3-8(2)14-11-12-9-6-4-5-7-10(9)13-11;1-4-6(3)7-5-2;1-2-4-5-3-1;1-2/h3-7H,1-2H3,(H,12,13);4,6H,1,5H2,2-3H3;5H,1-4H2;1-2H3/b8-3+;;;. The number of hydrogen-bond donors (Lipinski definition) is 2. The molecule has 0 spiro atoms. The predicted octanol–water partition coefficient (Wildman–Crippen LogP) is 5.86. The second-order valence-electron chi connectivity index (χ2n) is 5.91. The molecule has 2 N–H and O–H groups in total. The van der Waals surface area contributed by atoms with E-state index in [-0.39, 0.29) is 6.10 Å². The fourth-order valence-electron chi connectivity index (χ4n) is 2.15. The van der Waals surface area contributed by atoms with Crippen LogP contribution in [0.3, 0.4) is 0 Å². The van der Waals surface area contributed by atoms with E-state index in [1.54, 1.807) is 6.08 Å². The summed E-state index contributed by atoms with van der Waals surface area (Å²) in [6.45, 7) is 18.6. The van der Waals surface area contributed by atoms with Gasteiger partial charge < -0.3 is 19.8 Å². The van der Waals surface area contributed by atoms with E-state index < -0.39 is 0 Å². The van der Waals surface area contributed by atoms with Crippen LogP contribution in [0.5, 0.6) is 6.01 Å². The van der Waals surface area contributed by atoms with Gasteiger partial charge in [-0.2, -0.15) is 4.98 Å². The third-order valence-electron chi connectivity index (χ3n) is 3.75. The number of para-hydroxylation sites is 2. The highest BCUT2D eigenvalue weighted by Crippen LogP contribution is 2.16. The Morgan fingerprint density at radius 3 is 2.32 bits per heavy atom. The van der Waals surface area contributed by atoms with E-state index in [0.717, 1.165) is 23.4 Å². The lowest BCUT2D eigenvalue weighted by Gasteiger charge is -2.02. The summed E-state index contributed by atoms with van der Waals surface area (Å²) >= 11 is 0. The number of benzene rings is 1. The van der Waals surface area contributed by atoms with Crippen molar-refractivity contribution >= 4 is 11.0 Å². The molecule has 1 unspecified atom stereocenters. The average molecular weight is 390 g/mol. The highest BCUT2D eigenvalue weighted by molar-refractivity contribution is 5.75. The third kappa shape index (κ3) is 11.6. The molecule has 2 aromatic rings. The quantitative estimate of drug-likeness (QED) is 0.497. The topological polar surface area (TPSA) is 59.2 Å². The predicted molar refractivity (Wildman–Crippen MR) is 121 cm³/mol. The Bertz CT molecular complexity index is 620. The molecule has 1 aromatic heterocycles. The molecule has 0 bridgehead atoms. The molecule has 1 saturated heterocycles. The number of rotatable bonds is 5. The second-order valence-corrected chi connectivity index (χ2v) is 5.91. The van der Waals surface area contributed by atoms with E-state index in [1.807, 2.05) is 71.9 Å². The molecule has 5 heteroatoms. The normalized spacial score (nSPS) is 13.9. The van der Waals surface area contributed by atoms with Gasteiger partial charge in [-0.3, -0.25) is 0 Å². The van der Waals surface area contributed by atoms with Gasteiger partial charge in [0.2, 0.25) is 0 Å². The van der Waals surface area contributed by atoms with Gasteiger partial charge in [0.25, 0.3) is 6.01 Å². The van der Waals surface area contributed by atoms with Crippen molar-refractivity contribution in [2.45, 2.75) is 60.5 Å². The number of fused-ring (bicyclic) bond motifs is 1. The van der Waals surface area contributed by atoms with Crippen molar-refractivity contribution in [3.63, 3.8) is 0 Å². The molecular weight excluding hydrogens is 350 g/mol. The molecule has 3 rings (SSSR count). The number of nitrogens with one attached hydrogen (secondary N) is 2. The van der Waals surface area contributed by atoms with Gasteiger partial charge >= 0.3 is 0 Å². The van der Waals surface area contributed by atoms with Crippen LogP contribution in [-0.2, 0) is 4.74 Å². The van der Waals surface area contributed by atoms with Gasteiger partial charge in [0.15, 0.2) is 0 Å². The fourth-order valence-corrected chi connectivity index (χ4v) is 2.15. The number of imidazole rings is 1. The Kier molecular flexibility index (Phi) is 15.7. The number of nitrogens with zero attached hydrogens (tertiary/aromatic N) is 1. The molecule has 1 atom stereocenters. The van der Waals surface area contributed by atoms with Gasteiger partial charge in [-0.05, 0) is 71.8 Å². The van der Waals surface area contributed by atoms with Crippen molar-refractivity contribution in [3.8, 4) is 6.01 Å². The van der Waals surface area contributed by atoms with Crippen LogP contribution >= 0.6 is 0 Å². The van der Waals surface area contributed by atoms with Crippen molar-refractivity contribution in [1.82, 2.24) is 15.3 Å². The van der Waals surface area contributed by atoms with Crippen LogP contribution < -0.4 is 10.1 Å². The van der Waals surface area contributed by atoms with E-state index >= 15 is 0 Å². The van der Waals surface area contributed by atoms with Gasteiger partial charge in [0.1, 0.15) is 5.76 Å². The molecule has 2 heterocycles. The molecule has 1 aromatic carbocycles. The maximum absolute atomic E-state index is 5.44. The average Bonchev–Trinajstić information content (AvgIpc) is 3.42. The van der Waals surface area contributed by atoms with Gasteiger partial charge in [-0.25, -0.2) is 0 Å². The third-order valence-corrected chi connectivity index (χ3v) is 3.75. The van der Waals surface area contributed by atoms with Crippen molar-refractivity contribution in [2.24, 2.45) is 0 Å². The Balaban J connectivity index is 0.000000436. The molecule has 1 aliphatic heterocycles. The van der Waals surface area contributed by atoms with E-state index in [4.69, 9.17) is 9.47 Å². The Morgan fingerprint density at radius 2 is 1.89 bits per heavy atom. The molecule has 5 nitrogen and oxygen atoms in total. The smallest absolute Gasteiger partial charge is 0.299 e. The van der Waals surface area contributed by atoms with Crippen molar-refractivity contribution in [3.05, 3.63) is 48.8 Å². The minimum absolute atomic E-state index is 0.213. The maximum Gasteiger partial charge on any atom is 0.299 e. The van der Waals surface area contributed by atoms with Gasteiger partial charge in [0, 0.05) is 6.61 Å². The van der Waals surface area contributed by atoms with Gasteiger partial charge in [0.05, 0.1) is 17.1 Å². The summed E-state index contributed by atoms with van der Waals surface area (Å²) in [6.07, 6.45) is 6.67. The SMILES string of the molecule is C/C=C(\C)Oc1nc2ccccc2[nH]1.C1CCNC1.C=CC(C)OCC.CC. The van der Waals surface area contributed by atoms with Crippen LogP contribution in [0.2, 0.25) is 0 Å². The number of aromatic nitrogens is 2. The van der Waals surface area contributed by atoms with Crippen LogP contribution in [0.25, 0.3) is 11.0 Å². The zero-order valence-corrected chi connectivity index (χ0v) is 18.5. The zero-order valence-electron chi connectivity index (χ0n) is 18.5. The van der Waals surface area contributed by atoms with E-state index in [0.29, 0.717) is 6.01 Å². The van der Waals surface area contributed by atoms with E-state index in [2.05, 4.69) is 21.9 Å². The molecule has 1 aliphatic rings. The number of hydrogen-bond acceptors (Lipinski definition) is 4. The number of ether oxygens (including phenoxy) is 2. The molecule has 1 fully saturated rings. The summed E-state index contributed by atoms with van der Waals surface area (Å²) in [4.78, 5) is 7.37. The van der Waals surface area contributed by atoms with Crippen molar-refractivity contribution < 1.29 is 9.47 Å². The highest BCUT2D eigenvalue weighted by atomic mass is 16.5. The van der Waals surface area contributed by atoms with Crippen molar-refractivity contribution in [2.75, 3.05) is 19.7 Å². The molecule has 0 aliphatic carbocycles. The van der Waals surface area contributed by atoms with Gasteiger partial charge in [-0.1, -0.05) is 32.1 Å². The Labute approximate surface area is 171 Å². The zero-order chi connectivity index (χ0) is 21.2. The molecular formula is C23H39N3O2. The molecule has 0 saturated carbocycles. The summed E-state index contributed by atoms with van der Waals surface area (Å²) in [7, 11) is 0. The number of H-pyrrole nitrogens is 1. The lowest BCUT2D eigenvalue weighted by Crippen LogP contribution is -2.03. The van der Waals surface area contributed by atoms with Crippen LogP contribution in [0, 0.1) is 0 Å². The first kappa shape index (κ1) is 25.9. The highest BCUT2D eigenvalue weighted by Gasteiger charge is 2.02. The summed E-state index contributed by atoms with van der Waals surface area (Å²) in [6, 6.07) is 8.38. The summed E-state index contributed by atoms with van der Waals surface area (Å²) < 4.78 is 10.5. The Morgan fingerprint density at radius 1 is 1.25 bits per heavy atom.